The highest BCUT2D eigenvalue weighted by molar-refractivity contribution is 5.05. The van der Waals surface area contributed by atoms with Gasteiger partial charge in [-0.3, -0.25) is 5.10 Å². The standard InChI is InChI=1S/C12H21N3/c1-9(2)12(5-6-12)8-13-10(3)11-4-7-14-15-11/h4,7,9-10,13H,5-6,8H2,1-3H3,(H,14,15). The third kappa shape index (κ3) is 2.23. The van der Waals surface area contributed by atoms with Crippen LogP contribution < -0.4 is 5.32 Å². The van der Waals surface area contributed by atoms with E-state index in [1.165, 1.54) is 18.5 Å². The van der Waals surface area contributed by atoms with Crippen molar-refractivity contribution in [3.8, 4) is 0 Å². The fraction of sp³-hybridized carbons (Fsp3) is 0.750. The molecule has 0 radical (unpaired) electrons. The van der Waals surface area contributed by atoms with E-state index >= 15 is 0 Å². The van der Waals surface area contributed by atoms with Crippen molar-refractivity contribution in [2.24, 2.45) is 11.3 Å². The molecule has 0 aromatic carbocycles. The van der Waals surface area contributed by atoms with Gasteiger partial charge in [-0.05, 0) is 37.2 Å². The SMILES string of the molecule is CC(NCC1(C(C)C)CC1)c1ccn[nH]1. The molecule has 3 nitrogen and oxygen atoms in total. The maximum absolute atomic E-state index is 3.97. The number of aromatic amines is 1. The van der Waals surface area contributed by atoms with Crippen molar-refractivity contribution in [3.05, 3.63) is 18.0 Å². The molecule has 1 aliphatic carbocycles. The van der Waals surface area contributed by atoms with E-state index in [9.17, 15) is 0 Å². The second-order valence-electron chi connectivity index (χ2n) is 5.13. The van der Waals surface area contributed by atoms with Gasteiger partial charge in [0.2, 0.25) is 0 Å². The summed E-state index contributed by atoms with van der Waals surface area (Å²) < 4.78 is 0. The van der Waals surface area contributed by atoms with Gasteiger partial charge in [0.25, 0.3) is 0 Å². The Morgan fingerprint density at radius 2 is 2.20 bits per heavy atom. The number of aromatic nitrogens is 2. The normalized spacial score (nSPS) is 20.5. The van der Waals surface area contributed by atoms with E-state index in [0.717, 1.165) is 12.5 Å². The molecule has 0 amide bonds. The summed E-state index contributed by atoms with van der Waals surface area (Å²) >= 11 is 0. The highest BCUT2D eigenvalue weighted by Gasteiger charge is 2.44. The highest BCUT2D eigenvalue weighted by atomic mass is 15.1. The van der Waals surface area contributed by atoms with Crippen LogP contribution in [0.4, 0.5) is 0 Å². The Balaban J connectivity index is 1.84. The first kappa shape index (κ1) is 10.7. The average molecular weight is 207 g/mol. The van der Waals surface area contributed by atoms with Gasteiger partial charge >= 0.3 is 0 Å². The first-order valence-electron chi connectivity index (χ1n) is 5.87. The minimum absolute atomic E-state index is 0.378. The van der Waals surface area contributed by atoms with Gasteiger partial charge < -0.3 is 5.32 Å². The van der Waals surface area contributed by atoms with Gasteiger partial charge in [0.1, 0.15) is 0 Å². The van der Waals surface area contributed by atoms with Gasteiger partial charge in [0, 0.05) is 18.8 Å². The predicted molar refractivity (Wildman–Crippen MR) is 61.5 cm³/mol. The van der Waals surface area contributed by atoms with Crippen LogP contribution in [-0.4, -0.2) is 16.7 Å². The van der Waals surface area contributed by atoms with Gasteiger partial charge in [0.15, 0.2) is 0 Å². The van der Waals surface area contributed by atoms with Gasteiger partial charge in [-0.2, -0.15) is 5.10 Å². The van der Waals surface area contributed by atoms with Crippen LogP contribution in [0.3, 0.4) is 0 Å². The first-order valence-corrected chi connectivity index (χ1v) is 5.87. The molecule has 2 rings (SSSR count). The van der Waals surface area contributed by atoms with Crippen molar-refractivity contribution in [2.45, 2.75) is 39.7 Å². The summed E-state index contributed by atoms with van der Waals surface area (Å²) in [6, 6.07) is 2.41. The van der Waals surface area contributed by atoms with E-state index < -0.39 is 0 Å². The summed E-state index contributed by atoms with van der Waals surface area (Å²) in [4.78, 5) is 0. The topological polar surface area (TPSA) is 40.7 Å². The van der Waals surface area contributed by atoms with Crippen LogP contribution in [0.5, 0.6) is 0 Å². The Labute approximate surface area is 91.7 Å². The molecular formula is C12H21N3. The molecule has 1 unspecified atom stereocenters. The van der Waals surface area contributed by atoms with Crippen LogP contribution in [-0.2, 0) is 0 Å². The van der Waals surface area contributed by atoms with E-state index in [2.05, 4.69) is 36.3 Å². The zero-order chi connectivity index (χ0) is 10.9. The number of hydrogen-bond acceptors (Lipinski definition) is 2. The second-order valence-corrected chi connectivity index (χ2v) is 5.13. The lowest BCUT2D eigenvalue weighted by Gasteiger charge is -2.22. The summed E-state index contributed by atoms with van der Waals surface area (Å²) in [5.41, 5.74) is 1.75. The molecule has 1 heterocycles. The monoisotopic (exact) mass is 207 g/mol. The van der Waals surface area contributed by atoms with E-state index in [4.69, 9.17) is 0 Å². The second kappa shape index (κ2) is 3.97. The number of H-pyrrole nitrogens is 1. The summed E-state index contributed by atoms with van der Waals surface area (Å²) in [5, 5.41) is 10.6. The van der Waals surface area contributed by atoms with Gasteiger partial charge in [-0.25, -0.2) is 0 Å². The van der Waals surface area contributed by atoms with Crippen molar-refractivity contribution >= 4 is 0 Å². The van der Waals surface area contributed by atoms with Crippen LogP contribution >= 0.6 is 0 Å². The molecule has 0 saturated heterocycles. The molecule has 1 atom stereocenters. The molecule has 1 aromatic rings. The number of nitrogens with zero attached hydrogens (tertiary/aromatic N) is 1. The third-order valence-electron chi connectivity index (χ3n) is 3.87. The fourth-order valence-corrected chi connectivity index (χ4v) is 2.09. The minimum Gasteiger partial charge on any atom is -0.308 e. The van der Waals surface area contributed by atoms with Gasteiger partial charge in [-0.15, -0.1) is 0 Å². The van der Waals surface area contributed by atoms with Crippen LogP contribution in [0.1, 0.15) is 45.3 Å². The molecule has 3 heteroatoms. The molecule has 1 fully saturated rings. The zero-order valence-electron chi connectivity index (χ0n) is 9.88. The van der Waals surface area contributed by atoms with Crippen LogP contribution in [0.15, 0.2) is 12.3 Å². The van der Waals surface area contributed by atoms with Crippen molar-refractivity contribution in [3.63, 3.8) is 0 Å². The molecular weight excluding hydrogens is 186 g/mol. The summed E-state index contributed by atoms with van der Waals surface area (Å²) in [6.07, 6.45) is 4.57. The summed E-state index contributed by atoms with van der Waals surface area (Å²) in [6.45, 7) is 7.97. The predicted octanol–water partition coefficient (Wildman–Crippen LogP) is 2.50. The molecule has 1 saturated carbocycles. The summed E-state index contributed by atoms with van der Waals surface area (Å²) in [5.74, 6) is 0.791. The quantitative estimate of drug-likeness (QED) is 0.779. The average Bonchev–Trinajstić information content (AvgIpc) is 2.80. The number of nitrogens with one attached hydrogen (secondary N) is 2. The van der Waals surface area contributed by atoms with Crippen molar-refractivity contribution in [1.82, 2.24) is 15.5 Å². The molecule has 84 valence electrons. The molecule has 1 aromatic heterocycles. The molecule has 2 N–H and O–H groups in total. The Morgan fingerprint density at radius 1 is 1.47 bits per heavy atom. The van der Waals surface area contributed by atoms with E-state index in [1.807, 2.05) is 12.3 Å². The first-order chi connectivity index (χ1) is 7.14. The van der Waals surface area contributed by atoms with E-state index in [-0.39, 0.29) is 0 Å². The maximum atomic E-state index is 3.97. The van der Waals surface area contributed by atoms with Gasteiger partial charge in [-0.1, -0.05) is 13.8 Å². The zero-order valence-corrected chi connectivity index (χ0v) is 9.88. The van der Waals surface area contributed by atoms with Crippen LogP contribution in [0, 0.1) is 11.3 Å². The third-order valence-corrected chi connectivity index (χ3v) is 3.87. The van der Waals surface area contributed by atoms with Crippen molar-refractivity contribution in [2.75, 3.05) is 6.54 Å². The lowest BCUT2D eigenvalue weighted by Crippen LogP contribution is -2.29. The molecule has 0 bridgehead atoms. The fourth-order valence-electron chi connectivity index (χ4n) is 2.09. The van der Waals surface area contributed by atoms with Crippen LogP contribution in [0.2, 0.25) is 0 Å². The van der Waals surface area contributed by atoms with Crippen molar-refractivity contribution < 1.29 is 0 Å². The van der Waals surface area contributed by atoms with E-state index in [0.29, 0.717) is 11.5 Å². The Morgan fingerprint density at radius 3 is 2.67 bits per heavy atom. The molecule has 15 heavy (non-hydrogen) atoms. The molecule has 0 aliphatic heterocycles. The lowest BCUT2D eigenvalue weighted by atomic mass is 9.92. The minimum atomic E-state index is 0.378. The Hall–Kier alpha value is -0.830. The smallest absolute Gasteiger partial charge is 0.0518 e. The van der Waals surface area contributed by atoms with Crippen molar-refractivity contribution in [1.29, 1.82) is 0 Å². The highest BCUT2D eigenvalue weighted by Crippen LogP contribution is 2.51. The van der Waals surface area contributed by atoms with Gasteiger partial charge in [0.05, 0.1) is 5.69 Å². The number of hydrogen-bond donors (Lipinski definition) is 2. The van der Waals surface area contributed by atoms with Crippen LogP contribution in [0.25, 0.3) is 0 Å². The van der Waals surface area contributed by atoms with E-state index in [1.54, 1.807) is 0 Å². The lowest BCUT2D eigenvalue weighted by molar-refractivity contribution is 0.324. The maximum Gasteiger partial charge on any atom is 0.0518 e. The molecule has 1 aliphatic rings. The Kier molecular flexibility index (Phi) is 2.83. The number of rotatable bonds is 5. The molecule has 0 spiro atoms. The summed E-state index contributed by atoms with van der Waals surface area (Å²) in [7, 11) is 0. The largest absolute Gasteiger partial charge is 0.308 e. The Bertz CT molecular complexity index is 299.